The molecule has 0 radical (unpaired) electrons. The molecule has 1 aromatic carbocycles. The minimum atomic E-state index is -0.739. The van der Waals surface area contributed by atoms with E-state index < -0.39 is 5.97 Å². The third kappa shape index (κ3) is 4.12. The molecule has 0 aliphatic carbocycles. The predicted octanol–water partition coefficient (Wildman–Crippen LogP) is 3.05. The summed E-state index contributed by atoms with van der Waals surface area (Å²) in [6, 6.07) is 6.38. The largest absolute Gasteiger partial charge is 0.481 e. The van der Waals surface area contributed by atoms with Gasteiger partial charge in [0.05, 0.1) is 12.5 Å². The van der Waals surface area contributed by atoms with E-state index in [9.17, 15) is 9.18 Å². The van der Waals surface area contributed by atoms with Gasteiger partial charge in [0.2, 0.25) is 0 Å². The van der Waals surface area contributed by atoms with Crippen LogP contribution in [0.25, 0.3) is 11.4 Å². The van der Waals surface area contributed by atoms with Gasteiger partial charge in [-0.1, -0.05) is 30.3 Å². The molecule has 24 heavy (non-hydrogen) atoms. The first kappa shape index (κ1) is 16.9. The highest BCUT2D eigenvalue weighted by atomic mass is 32.2. The zero-order valence-electron chi connectivity index (χ0n) is 13.2. The molecule has 6 nitrogen and oxygen atoms in total. The van der Waals surface area contributed by atoms with E-state index in [0.29, 0.717) is 18.9 Å². The molecule has 0 unspecified atom stereocenters. The average molecular weight is 350 g/mol. The fraction of sp³-hybridized carbons (Fsp3) is 0.438. The molecular formula is C16H19FN4O2S. The molecule has 128 valence electrons. The molecule has 1 aliphatic heterocycles. The molecule has 0 bridgehead atoms. The third-order valence-corrected chi connectivity index (χ3v) is 4.94. The topological polar surface area (TPSA) is 71.2 Å². The Morgan fingerprint density at radius 2 is 2.17 bits per heavy atom. The van der Waals surface area contributed by atoms with E-state index >= 15 is 0 Å². The maximum absolute atomic E-state index is 13.4. The summed E-state index contributed by atoms with van der Waals surface area (Å²) in [7, 11) is 0. The average Bonchev–Trinajstić information content (AvgIpc) is 2.97. The second kappa shape index (κ2) is 7.76. The zero-order chi connectivity index (χ0) is 16.9. The second-order valence-electron chi connectivity index (χ2n) is 5.76. The fourth-order valence-corrected chi connectivity index (χ4v) is 3.59. The lowest BCUT2D eigenvalue weighted by Gasteiger charge is -2.27. The molecule has 1 aliphatic rings. The van der Waals surface area contributed by atoms with Crippen LogP contribution in [-0.2, 0) is 11.5 Å². The van der Waals surface area contributed by atoms with Gasteiger partial charge in [-0.2, -0.15) is 0 Å². The standard InChI is InChI=1S/C16H19FN4O2S/c17-13-6-4-5-12(9-13)15-18-19-16-21(15)10-20(11-24-16)8-3-1-2-7-14(22)23/h4-6,9H,1-3,7-8,10-11H2,(H,22,23). The highest BCUT2D eigenvalue weighted by molar-refractivity contribution is 7.99. The van der Waals surface area contributed by atoms with Gasteiger partial charge in [0.15, 0.2) is 11.0 Å². The Labute approximate surface area is 143 Å². The number of hydrogen-bond acceptors (Lipinski definition) is 5. The molecule has 1 aromatic heterocycles. The number of thioether (sulfide) groups is 1. The van der Waals surface area contributed by atoms with Crippen molar-refractivity contribution in [3.63, 3.8) is 0 Å². The number of rotatable bonds is 7. The number of carboxylic acid groups (broad SMARTS) is 1. The number of aromatic nitrogens is 3. The minimum absolute atomic E-state index is 0.230. The number of benzene rings is 1. The van der Waals surface area contributed by atoms with Crippen LogP contribution >= 0.6 is 11.8 Å². The lowest BCUT2D eigenvalue weighted by molar-refractivity contribution is -0.137. The normalized spacial score (nSPS) is 14.5. The first-order valence-electron chi connectivity index (χ1n) is 7.89. The first-order valence-corrected chi connectivity index (χ1v) is 8.88. The van der Waals surface area contributed by atoms with Gasteiger partial charge < -0.3 is 5.11 Å². The van der Waals surface area contributed by atoms with Crippen LogP contribution in [0.5, 0.6) is 0 Å². The number of unbranched alkanes of at least 4 members (excludes halogenated alkanes) is 2. The summed E-state index contributed by atoms with van der Waals surface area (Å²) in [6.45, 7) is 1.56. The van der Waals surface area contributed by atoms with Crippen LogP contribution < -0.4 is 0 Å². The van der Waals surface area contributed by atoms with Crippen LogP contribution in [-0.4, -0.2) is 43.2 Å². The summed E-state index contributed by atoms with van der Waals surface area (Å²) in [5.74, 6) is 0.480. The number of fused-ring (bicyclic) bond motifs is 1. The van der Waals surface area contributed by atoms with Crippen molar-refractivity contribution in [2.75, 3.05) is 12.4 Å². The fourth-order valence-electron chi connectivity index (χ4n) is 2.68. The molecule has 2 heterocycles. The Balaban J connectivity index is 1.61. The van der Waals surface area contributed by atoms with Crippen LogP contribution in [0.3, 0.4) is 0 Å². The maximum Gasteiger partial charge on any atom is 0.303 e. The van der Waals surface area contributed by atoms with E-state index in [-0.39, 0.29) is 12.2 Å². The number of aliphatic carboxylic acids is 1. The third-order valence-electron chi connectivity index (χ3n) is 3.88. The first-order chi connectivity index (χ1) is 11.6. The molecule has 0 atom stereocenters. The molecule has 3 rings (SSSR count). The summed E-state index contributed by atoms with van der Waals surface area (Å²) >= 11 is 1.61. The van der Waals surface area contributed by atoms with Gasteiger partial charge in [0.25, 0.3) is 0 Å². The van der Waals surface area contributed by atoms with E-state index in [4.69, 9.17) is 5.11 Å². The van der Waals surface area contributed by atoms with Crippen molar-refractivity contribution in [2.45, 2.75) is 37.5 Å². The van der Waals surface area contributed by atoms with Crippen molar-refractivity contribution in [3.05, 3.63) is 30.1 Å². The maximum atomic E-state index is 13.4. The molecule has 0 amide bonds. The highest BCUT2D eigenvalue weighted by Crippen LogP contribution is 2.29. The number of nitrogens with zero attached hydrogens (tertiary/aromatic N) is 4. The van der Waals surface area contributed by atoms with Crippen molar-refractivity contribution >= 4 is 17.7 Å². The number of carboxylic acids is 1. The van der Waals surface area contributed by atoms with Crippen molar-refractivity contribution in [1.29, 1.82) is 0 Å². The van der Waals surface area contributed by atoms with Crippen molar-refractivity contribution in [3.8, 4) is 11.4 Å². The van der Waals surface area contributed by atoms with Gasteiger partial charge in [-0.3, -0.25) is 14.3 Å². The molecular weight excluding hydrogens is 331 g/mol. The van der Waals surface area contributed by atoms with E-state index in [0.717, 1.165) is 36.0 Å². The molecule has 2 aromatic rings. The van der Waals surface area contributed by atoms with E-state index in [1.165, 1.54) is 12.1 Å². The molecule has 0 fully saturated rings. The van der Waals surface area contributed by atoms with Gasteiger partial charge in [-0.25, -0.2) is 4.39 Å². The van der Waals surface area contributed by atoms with Crippen LogP contribution in [0.4, 0.5) is 4.39 Å². The Hall–Kier alpha value is -1.93. The van der Waals surface area contributed by atoms with Crippen LogP contribution in [0, 0.1) is 5.82 Å². The predicted molar refractivity (Wildman–Crippen MR) is 88.9 cm³/mol. The molecule has 0 saturated heterocycles. The second-order valence-corrected chi connectivity index (χ2v) is 6.67. The van der Waals surface area contributed by atoms with Gasteiger partial charge in [0.1, 0.15) is 5.82 Å². The van der Waals surface area contributed by atoms with Crippen LogP contribution in [0.2, 0.25) is 0 Å². The highest BCUT2D eigenvalue weighted by Gasteiger charge is 2.22. The van der Waals surface area contributed by atoms with E-state index in [1.54, 1.807) is 17.8 Å². The lowest BCUT2D eigenvalue weighted by atomic mass is 10.2. The smallest absolute Gasteiger partial charge is 0.303 e. The summed E-state index contributed by atoms with van der Waals surface area (Å²) in [5.41, 5.74) is 0.720. The Bertz CT molecular complexity index is 722. The van der Waals surface area contributed by atoms with Crippen LogP contribution in [0.15, 0.2) is 29.4 Å². The number of carbonyl (C=O) groups is 1. The minimum Gasteiger partial charge on any atom is -0.481 e. The van der Waals surface area contributed by atoms with Crippen molar-refractivity contribution in [1.82, 2.24) is 19.7 Å². The Kier molecular flexibility index (Phi) is 5.47. The molecule has 0 saturated carbocycles. The monoisotopic (exact) mass is 350 g/mol. The van der Waals surface area contributed by atoms with E-state index in [2.05, 4.69) is 15.1 Å². The summed E-state index contributed by atoms with van der Waals surface area (Å²) in [5, 5.41) is 17.9. The van der Waals surface area contributed by atoms with E-state index in [1.807, 2.05) is 10.6 Å². The Morgan fingerprint density at radius 1 is 1.29 bits per heavy atom. The number of hydrogen-bond donors (Lipinski definition) is 1. The SMILES string of the molecule is O=C(O)CCCCCN1CSc2nnc(-c3cccc(F)c3)n2C1. The molecule has 1 N–H and O–H groups in total. The number of halogens is 1. The molecule has 0 spiro atoms. The summed E-state index contributed by atoms with van der Waals surface area (Å²) in [6.07, 6.45) is 2.80. The van der Waals surface area contributed by atoms with Crippen molar-refractivity contribution in [2.24, 2.45) is 0 Å². The van der Waals surface area contributed by atoms with Gasteiger partial charge in [0, 0.05) is 18.5 Å². The van der Waals surface area contributed by atoms with Crippen molar-refractivity contribution < 1.29 is 14.3 Å². The lowest BCUT2D eigenvalue weighted by Crippen LogP contribution is -2.31. The van der Waals surface area contributed by atoms with Gasteiger partial charge in [-0.05, 0) is 25.0 Å². The van der Waals surface area contributed by atoms with Gasteiger partial charge in [-0.15, -0.1) is 10.2 Å². The zero-order valence-corrected chi connectivity index (χ0v) is 14.0. The quantitative estimate of drug-likeness (QED) is 0.774. The van der Waals surface area contributed by atoms with Crippen LogP contribution in [0.1, 0.15) is 25.7 Å². The summed E-state index contributed by atoms with van der Waals surface area (Å²) in [4.78, 5) is 12.8. The molecule has 8 heteroatoms. The van der Waals surface area contributed by atoms with Gasteiger partial charge >= 0.3 is 5.97 Å². The summed E-state index contributed by atoms with van der Waals surface area (Å²) < 4.78 is 15.4. The Morgan fingerprint density at radius 3 is 2.96 bits per heavy atom.